The summed E-state index contributed by atoms with van der Waals surface area (Å²) < 4.78 is 0. The lowest BCUT2D eigenvalue weighted by molar-refractivity contribution is 0.969. The third-order valence-electron chi connectivity index (χ3n) is 2.71. The summed E-state index contributed by atoms with van der Waals surface area (Å²) in [6.07, 6.45) is 3.64. The van der Waals surface area contributed by atoms with Crippen LogP contribution < -0.4 is 5.73 Å². The van der Waals surface area contributed by atoms with E-state index in [1.165, 1.54) is 16.8 Å². The van der Waals surface area contributed by atoms with Crippen molar-refractivity contribution in [2.45, 2.75) is 19.8 Å². The zero-order chi connectivity index (χ0) is 11.4. The lowest BCUT2D eigenvalue weighted by Gasteiger charge is -2.03. The SMILES string of the molecule is CCc1[nH]cnc1-c1cccc(CCN)c1. The van der Waals surface area contributed by atoms with Crippen LogP contribution in [0.4, 0.5) is 0 Å². The van der Waals surface area contributed by atoms with Crippen LogP contribution in [0.3, 0.4) is 0 Å². The first-order chi connectivity index (χ1) is 7.85. The largest absolute Gasteiger partial charge is 0.348 e. The molecule has 0 spiro atoms. The van der Waals surface area contributed by atoms with Crippen LogP contribution >= 0.6 is 0 Å². The summed E-state index contributed by atoms with van der Waals surface area (Å²) >= 11 is 0. The number of nitrogens with zero attached hydrogens (tertiary/aromatic N) is 1. The molecule has 0 radical (unpaired) electrons. The van der Waals surface area contributed by atoms with E-state index in [2.05, 4.69) is 41.2 Å². The number of rotatable bonds is 4. The van der Waals surface area contributed by atoms with Crippen LogP contribution in [-0.2, 0) is 12.8 Å². The molecule has 2 aromatic rings. The van der Waals surface area contributed by atoms with Crippen molar-refractivity contribution in [2.24, 2.45) is 5.73 Å². The topological polar surface area (TPSA) is 54.7 Å². The van der Waals surface area contributed by atoms with Crippen molar-refractivity contribution in [3.63, 3.8) is 0 Å². The molecule has 0 saturated heterocycles. The van der Waals surface area contributed by atoms with Gasteiger partial charge in [-0.15, -0.1) is 0 Å². The summed E-state index contributed by atoms with van der Waals surface area (Å²) in [4.78, 5) is 7.54. The van der Waals surface area contributed by atoms with Gasteiger partial charge in [-0.25, -0.2) is 4.98 Å². The zero-order valence-corrected chi connectivity index (χ0v) is 9.53. The van der Waals surface area contributed by atoms with Crippen LogP contribution in [0.15, 0.2) is 30.6 Å². The Morgan fingerprint density at radius 1 is 1.38 bits per heavy atom. The van der Waals surface area contributed by atoms with Gasteiger partial charge in [0.1, 0.15) is 0 Å². The highest BCUT2D eigenvalue weighted by atomic mass is 14.9. The van der Waals surface area contributed by atoms with E-state index in [4.69, 9.17) is 5.73 Å². The second-order valence-electron chi connectivity index (χ2n) is 3.82. The molecular weight excluding hydrogens is 198 g/mol. The van der Waals surface area contributed by atoms with Gasteiger partial charge in [-0.05, 0) is 31.0 Å². The molecule has 3 heteroatoms. The summed E-state index contributed by atoms with van der Waals surface area (Å²) in [6, 6.07) is 8.43. The van der Waals surface area contributed by atoms with Crippen molar-refractivity contribution in [1.29, 1.82) is 0 Å². The first kappa shape index (κ1) is 10.9. The minimum atomic E-state index is 0.685. The molecule has 0 amide bonds. The third-order valence-corrected chi connectivity index (χ3v) is 2.71. The average molecular weight is 215 g/mol. The Balaban J connectivity index is 2.36. The van der Waals surface area contributed by atoms with Gasteiger partial charge in [-0.1, -0.05) is 25.1 Å². The van der Waals surface area contributed by atoms with E-state index in [1.807, 2.05) is 0 Å². The summed E-state index contributed by atoms with van der Waals surface area (Å²) in [5.74, 6) is 0. The van der Waals surface area contributed by atoms with Crippen LogP contribution in [0.1, 0.15) is 18.2 Å². The smallest absolute Gasteiger partial charge is 0.0929 e. The number of imidazole rings is 1. The minimum Gasteiger partial charge on any atom is -0.348 e. The molecule has 0 bridgehead atoms. The molecule has 84 valence electrons. The summed E-state index contributed by atoms with van der Waals surface area (Å²) in [7, 11) is 0. The lowest BCUT2D eigenvalue weighted by atomic mass is 10.0. The van der Waals surface area contributed by atoms with Crippen molar-refractivity contribution >= 4 is 0 Å². The van der Waals surface area contributed by atoms with Gasteiger partial charge in [0.25, 0.3) is 0 Å². The van der Waals surface area contributed by atoms with Gasteiger partial charge in [0.05, 0.1) is 12.0 Å². The fraction of sp³-hybridized carbons (Fsp3) is 0.308. The number of H-pyrrole nitrogens is 1. The number of nitrogens with two attached hydrogens (primary N) is 1. The lowest BCUT2D eigenvalue weighted by Crippen LogP contribution is -2.02. The molecule has 0 aliphatic carbocycles. The molecule has 0 unspecified atom stereocenters. The molecule has 1 aromatic heterocycles. The molecule has 0 aliphatic rings. The van der Waals surface area contributed by atoms with Crippen molar-refractivity contribution < 1.29 is 0 Å². The van der Waals surface area contributed by atoms with E-state index in [0.717, 1.165) is 18.5 Å². The van der Waals surface area contributed by atoms with Crippen LogP contribution in [0.25, 0.3) is 11.3 Å². The maximum atomic E-state index is 5.56. The Morgan fingerprint density at radius 2 is 2.25 bits per heavy atom. The van der Waals surface area contributed by atoms with Crippen molar-refractivity contribution in [3.8, 4) is 11.3 Å². The van der Waals surface area contributed by atoms with Gasteiger partial charge in [-0.3, -0.25) is 0 Å². The van der Waals surface area contributed by atoms with Crippen LogP contribution in [0.2, 0.25) is 0 Å². The minimum absolute atomic E-state index is 0.685. The molecule has 3 nitrogen and oxygen atoms in total. The van der Waals surface area contributed by atoms with Gasteiger partial charge in [0.2, 0.25) is 0 Å². The average Bonchev–Trinajstić information content (AvgIpc) is 2.78. The highest BCUT2D eigenvalue weighted by Gasteiger charge is 2.06. The molecule has 1 heterocycles. The number of nitrogens with one attached hydrogen (secondary N) is 1. The molecule has 2 rings (SSSR count). The van der Waals surface area contributed by atoms with Gasteiger partial charge in [0.15, 0.2) is 0 Å². The fourth-order valence-electron chi connectivity index (χ4n) is 1.88. The quantitative estimate of drug-likeness (QED) is 0.821. The molecule has 16 heavy (non-hydrogen) atoms. The zero-order valence-electron chi connectivity index (χ0n) is 9.53. The Morgan fingerprint density at radius 3 is 3.00 bits per heavy atom. The van der Waals surface area contributed by atoms with E-state index < -0.39 is 0 Å². The molecule has 1 aromatic carbocycles. The third kappa shape index (κ3) is 2.14. The van der Waals surface area contributed by atoms with Crippen LogP contribution in [0, 0.1) is 0 Å². The van der Waals surface area contributed by atoms with Crippen molar-refractivity contribution in [2.75, 3.05) is 6.54 Å². The monoisotopic (exact) mass is 215 g/mol. The van der Waals surface area contributed by atoms with Gasteiger partial charge in [0, 0.05) is 11.3 Å². The van der Waals surface area contributed by atoms with Crippen molar-refractivity contribution in [1.82, 2.24) is 9.97 Å². The summed E-state index contributed by atoms with van der Waals surface area (Å²) in [6.45, 7) is 2.81. The van der Waals surface area contributed by atoms with Crippen LogP contribution in [0.5, 0.6) is 0 Å². The molecule has 0 fully saturated rings. The Bertz CT molecular complexity index is 460. The second kappa shape index (κ2) is 4.94. The highest BCUT2D eigenvalue weighted by Crippen LogP contribution is 2.21. The van der Waals surface area contributed by atoms with E-state index in [-0.39, 0.29) is 0 Å². The summed E-state index contributed by atoms with van der Waals surface area (Å²) in [5.41, 5.74) is 10.2. The Hall–Kier alpha value is -1.61. The molecule has 3 N–H and O–H groups in total. The molecule has 0 saturated carbocycles. The van der Waals surface area contributed by atoms with Gasteiger partial charge >= 0.3 is 0 Å². The Labute approximate surface area is 95.7 Å². The van der Waals surface area contributed by atoms with Gasteiger partial charge < -0.3 is 10.7 Å². The highest BCUT2D eigenvalue weighted by molar-refractivity contribution is 5.62. The van der Waals surface area contributed by atoms with Crippen molar-refractivity contribution in [3.05, 3.63) is 41.9 Å². The standard InChI is InChI=1S/C13H17N3/c1-2-12-13(16-9-15-12)11-5-3-4-10(8-11)6-7-14/h3-5,8-9H,2,6-7,14H2,1H3,(H,15,16). The number of aromatic amines is 1. The number of aryl methyl sites for hydroxylation is 1. The van der Waals surface area contributed by atoms with Gasteiger partial charge in [-0.2, -0.15) is 0 Å². The Kier molecular flexibility index (Phi) is 3.37. The molecular formula is C13H17N3. The van der Waals surface area contributed by atoms with E-state index in [1.54, 1.807) is 6.33 Å². The number of aromatic nitrogens is 2. The summed E-state index contributed by atoms with van der Waals surface area (Å²) in [5, 5.41) is 0. The molecule has 0 aliphatic heterocycles. The number of hydrogen-bond acceptors (Lipinski definition) is 2. The number of benzene rings is 1. The predicted octanol–water partition coefficient (Wildman–Crippen LogP) is 2.14. The fourth-order valence-corrected chi connectivity index (χ4v) is 1.88. The maximum absolute atomic E-state index is 5.56. The van der Waals surface area contributed by atoms with E-state index in [9.17, 15) is 0 Å². The molecule has 0 atom stereocenters. The van der Waals surface area contributed by atoms with Crippen LogP contribution in [-0.4, -0.2) is 16.5 Å². The second-order valence-corrected chi connectivity index (χ2v) is 3.82. The maximum Gasteiger partial charge on any atom is 0.0929 e. The number of hydrogen-bond donors (Lipinski definition) is 2. The van der Waals surface area contributed by atoms with E-state index >= 15 is 0 Å². The normalized spacial score (nSPS) is 10.6. The predicted molar refractivity (Wildman–Crippen MR) is 66.2 cm³/mol. The first-order valence-electron chi connectivity index (χ1n) is 5.66. The van der Waals surface area contributed by atoms with E-state index in [0.29, 0.717) is 6.54 Å². The first-order valence-corrected chi connectivity index (χ1v) is 5.66.